The number of halogens is 1. The maximum Gasteiger partial charge on any atom is 0.252 e. The highest BCUT2D eigenvalue weighted by atomic mass is 19.1. The van der Waals surface area contributed by atoms with Crippen molar-refractivity contribution in [3.63, 3.8) is 0 Å². The van der Waals surface area contributed by atoms with Gasteiger partial charge in [0.25, 0.3) is 5.91 Å². The highest BCUT2D eigenvalue weighted by Crippen LogP contribution is 2.20. The summed E-state index contributed by atoms with van der Waals surface area (Å²) in [7, 11) is 0. The number of hydrogen-bond acceptors (Lipinski definition) is 3. The van der Waals surface area contributed by atoms with E-state index >= 15 is 0 Å². The van der Waals surface area contributed by atoms with E-state index < -0.39 is 17.3 Å². The average Bonchev–Trinajstić information content (AvgIpc) is 2.59. The molecular weight excluding hydrogens is 321 g/mol. The van der Waals surface area contributed by atoms with E-state index in [9.17, 15) is 14.0 Å². The summed E-state index contributed by atoms with van der Waals surface area (Å²) in [5.74, 6) is -0.905. The zero-order valence-corrected chi connectivity index (χ0v) is 14.0. The fourth-order valence-corrected chi connectivity index (χ4v) is 2.79. The number of carbonyl (C=O) groups is 1. The van der Waals surface area contributed by atoms with Gasteiger partial charge in [-0.25, -0.2) is 4.39 Å². The van der Waals surface area contributed by atoms with Gasteiger partial charge in [0.05, 0.1) is 17.3 Å². The maximum atomic E-state index is 13.6. The van der Waals surface area contributed by atoms with Gasteiger partial charge in [0.2, 0.25) is 5.56 Å². The number of amides is 1. The van der Waals surface area contributed by atoms with Gasteiger partial charge in [-0.05, 0) is 49.2 Å². The summed E-state index contributed by atoms with van der Waals surface area (Å²) in [6.45, 7) is 3.89. The highest BCUT2D eigenvalue weighted by Gasteiger charge is 2.18. The van der Waals surface area contributed by atoms with Gasteiger partial charge in [0.15, 0.2) is 0 Å². The van der Waals surface area contributed by atoms with Crippen LogP contribution in [-0.4, -0.2) is 15.9 Å². The van der Waals surface area contributed by atoms with Crippen LogP contribution in [0.15, 0.2) is 47.4 Å². The summed E-state index contributed by atoms with van der Waals surface area (Å²) in [4.78, 5) is 31.5. The van der Waals surface area contributed by atoms with Crippen LogP contribution in [0.5, 0.6) is 0 Å². The van der Waals surface area contributed by atoms with Crippen molar-refractivity contribution in [2.75, 3.05) is 0 Å². The Kier molecular flexibility index (Phi) is 4.61. The standard InChI is InChI=1S/C19H18FN3O2/c1-3-15(17-8-11(2)6-7-21-17)23-19(25)14-10-18(24)22-16-5-4-12(20)9-13(14)16/h4-10,15H,3H2,1-2H3,(H,22,24)(H,23,25)/t15-/m0/s1. The van der Waals surface area contributed by atoms with Crippen molar-refractivity contribution in [1.29, 1.82) is 0 Å². The summed E-state index contributed by atoms with van der Waals surface area (Å²) in [6, 6.07) is 8.61. The Morgan fingerprint density at radius 2 is 2.08 bits per heavy atom. The van der Waals surface area contributed by atoms with E-state index in [4.69, 9.17) is 0 Å². The topological polar surface area (TPSA) is 74.8 Å². The molecule has 0 spiro atoms. The van der Waals surface area contributed by atoms with E-state index in [0.29, 0.717) is 17.3 Å². The number of fused-ring (bicyclic) bond motifs is 1. The molecule has 0 aliphatic carbocycles. The van der Waals surface area contributed by atoms with Gasteiger partial charge < -0.3 is 10.3 Å². The summed E-state index contributed by atoms with van der Waals surface area (Å²) >= 11 is 0. The fourth-order valence-electron chi connectivity index (χ4n) is 2.79. The highest BCUT2D eigenvalue weighted by molar-refractivity contribution is 6.06. The molecule has 128 valence electrons. The van der Waals surface area contributed by atoms with Crippen LogP contribution in [-0.2, 0) is 0 Å². The number of rotatable bonds is 4. The van der Waals surface area contributed by atoms with E-state index in [1.54, 1.807) is 6.20 Å². The molecule has 2 aromatic heterocycles. The summed E-state index contributed by atoms with van der Waals surface area (Å²) in [5.41, 5.74) is 1.94. The van der Waals surface area contributed by atoms with Gasteiger partial charge in [-0.2, -0.15) is 0 Å². The number of nitrogens with one attached hydrogen (secondary N) is 2. The molecule has 0 saturated carbocycles. The predicted octanol–water partition coefficient (Wildman–Crippen LogP) is 3.25. The fraction of sp³-hybridized carbons (Fsp3) is 0.211. The Balaban J connectivity index is 1.99. The second-order valence-corrected chi connectivity index (χ2v) is 5.93. The molecule has 0 bridgehead atoms. The van der Waals surface area contributed by atoms with Crippen molar-refractivity contribution in [3.05, 3.63) is 75.6 Å². The quantitative estimate of drug-likeness (QED) is 0.766. The zero-order chi connectivity index (χ0) is 18.0. The first-order chi connectivity index (χ1) is 12.0. The van der Waals surface area contributed by atoms with Gasteiger partial charge in [-0.3, -0.25) is 14.6 Å². The zero-order valence-electron chi connectivity index (χ0n) is 14.0. The number of nitrogens with zero attached hydrogens (tertiary/aromatic N) is 1. The molecule has 1 aromatic carbocycles. The Labute approximate surface area is 143 Å². The number of hydrogen-bond donors (Lipinski definition) is 2. The lowest BCUT2D eigenvalue weighted by atomic mass is 10.1. The summed E-state index contributed by atoms with van der Waals surface area (Å²) < 4.78 is 13.6. The molecule has 25 heavy (non-hydrogen) atoms. The van der Waals surface area contributed by atoms with Gasteiger partial charge in [-0.15, -0.1) is 0 Å². The second kappa shape index (κ2) is 6.84. The van der Waals surface area contributed by atoms with Crippen LogP contribution < -0.4 is 10.9 Å². The van der Waals surface area contributed by atoms with Crippen molar-refractivity contribution in [3.8, 4) is 0 Å². The van der Waals surface area contributed by atoms with Crippen LogP contribution in [0.4, 0.5) is 4.39 Å². The molecule has 2 heterocycles. The molecule has 1 atom stereocenters. The van der Waals surface area contributed by atoms with Crippen LogP contribution >= 0.6 is 0 Å². The van der Waals surface area contributed by atoms with Gasteiger partial charge >= 0.3 is 0 Å². The van der Waals surface area contributed by atoms with E-state index in [2.05, 4.69) is 15.3 Å². The first-order valence-electron chi connectivity index (χ1n) is 8.04. The van der Waals surface area contributed by atoms with Crippen molar-refractivity contribution >= 4 is 16.8 Å². The third kappa shape index (κ3) is 3.57. The lowest BCUT2D eigenvalue weighted by Crippen LogP contribution is -2.30. The molecular formula is C19H18FN3O2. The summed E-state index contributed by atoms with van der Waals surface area (Å²) in [6.07, 6.45) is 2.33. The van der Waals surface area contributed by atoms with Crippen molar-refractivity contribution in [1.82, 2.24) is 15.3 Å². The first-order valence-corrected chi connectivity index (χ1v) is 8.04. The number of aromatic nitrogens is 2. The largest absolute Gasteiger partial charge is 0.344 e. The van der Waals surface area contributed by atoms with Crippen LogP contribution in [0, 0.1) is 12.7 Å². The van der Waals surface area contributed by atoms with Crippen LogP contribution in [0.3, 0.4) is 0 Å². The monoisotopic (exact) mass is 339 g/mol. The lowest BCUT2D eigenvalue weighted by Gasteiger charge is -2.17. The maximum absolute atomic E-state index is 13.6. The molecule has 0 unspecified atom stereocenters. The smallest absolute Gasteiger partial charge is 0.252 e. The number of H-pyrrole nitrogens is 1. The van der Waals surface area contributed by atoms with Crippen molar-refractivity contribution < 1.29 is 9.18 Å². The minimum Gasteiger partial charge on any atom is -0.344 e. The third-order valence-electron chi connectivity index (χ3n) is 4.06. The van der Waals surface area contributed by atoms with Gasteiger partial charge in [-0.1, -0.05) is 6.92 Å². The third-order valence-corrected chi connectivity index (χ3v) is 4.06. The number of carbonyl (C=O) groups excluding carboxylic acids is 1. The molecule has 3 rings (SSSR count). The minimum absolute atomic E-state index is 0.143. The van der Waals surface area contributed by atoms with Crippen molar-refractivity contribution in [2.45, 2.75) is 26.3 Å². The van der Waals surface area contributed by atoms with Crippen LogP contribution in [0.25, 0.3) is 10.9 Å². The molecule has 2 N–H and O–H groups in total. The van der Waals surface area contributed by atoms with E-state index in [-0.39, 0.29) is 11.6 Å². The van der Waals surface area contributed by atoms with Crippen LogP contribution in [0.2, 0.25) is 0 Å². The Hall–Kier alpha value is -3.02. The van der Waals surface area contributed by atoms with Gasteiger partial charge in [0, 0.05) is 23.2 Å². The second-order valence-electron chi connectivity index (χ2n) is 5.93. The Bertz CT molecular complexity index is 997. The molecule has 0 saturated heterocycles. The van der Waals surface area contributed by atoms with Crippen molar-refractivity contribution in [2.24, 2.45) is 0 Å². The Morgan fingerprint density at radius 1 is 1.28 bits per heavy atom. The normalized spacial score (nSPS) is 12.1. The number of aromatic amines is 1. The van der Waals surface area contributed by atoms with Gasteiger partial charge in [0.1, 0.15) is 5.82 Å². The molecule has 1 amide bonds. The number of benzene rings is 1. The molecule has 3 aromatic rings. The molecule has 0 radical (unpaired) electrons. The molecule has 0 aliphatic rings. The minimum atomic E-state index is -0.471. The number of aryl methyl sites for hydroxylation is 1. The van der Waals surface area contributed by atoms with E-state index in [0.717, 1.165) is 11.3 Å². The van der Waals surface area contributed by atoms with Crippen LogP contribution in [0.1, 0.15) is 41.0 Å². The molecule has 5 nitrogen and oxygen atoms in total. The van der Waals surface area contributed by atoms with E-state index in [1.807, 2.05) is 26.0 Å². The first kappa shape index (κ1) is 16.8. The molecule has 0 fully saturated rings. The Morgan fingerprint density at radius 3 is 2.80 bits per heavy atom. The number of pyridine rings is 2. The average molecular weight is 339 g/mol. The summed E-state index contributed by atoms with van der Waals surface area (Å²) in [5, 5.41) is 3.25. The predicted molar refractivity (Wildman–Crippen MR) is 94.0 cm³/mol. The molecule has 0 aliphatic heterocycles. The molecule has 6 heteroatoms. The lowest BCUT2D eigenvalue weighted by molar-refractivity contribution is 0.0936. The van der Waals surface area contributed by atoms with E-state index in [1.165, 1.54) is 24.3 Å². The SMILES string of the molecule is CC[C@H](NC(=O)c1cc(=O)[nH]c2ccc(F)cc12)c1cc(C)ccn1.